The van der Waals surface area contributed by atoms with Crippen molar-refractivity contribution in [1.82, 2.24) is 5.32 Å². The number of halogens is 3. The molecular formula is C9H17F3N2OS. The monoisotopic (exact) mass is 258 g/mol. The molecule has 0 aromatic carbocycles. The molecule has 0 heterocycles. The van der Waals surface area contributed by atoms with Gasteiger partial charge in [-0.1, -0.05) is 19.8 Å². The molecule has 1 atom stereocenters. The Morgan fingerprint density at radius 1 is 1.50 bits per heavy atom. The minimum absolute atomic E-state index is 0.221. The molecule has 0 saturated heterocycles. The summed E-state index contributed by atoms with van der Waals surface area (Å²) in [7, 11) is 0. The van der Waals surface area contributed by atoms with E-state index in [1.807, 2.05) is 6.92 Å². The summed E-state index contributed by atoms with van der Waals surface area (Å²) in [6.07, 6.45) is 2.56. The van der Waals surface area contributed by atoms with Crippen LogP contribution in [0, 0.1) is 0 Å². The van der Waals surface area contributed by atoms with E-state index in [2.05, 4.69) is 5.32 Å². The number of amides is 1. The lowest BCUT2D eigenvalue weighted by Crippen LogP contribution is -2.41. The smallest absolute Gasteiger partial charge is 0.351 e. The van der Waals surface area contributed by atoms with E-state index in [9.17, 15) is 18.0 Å². The molecule has 3 nitrogen and oxygen atoms in total. The van der Waals surface area contributed by atoms with Gasteiger partial charge in [-0.2, -0.15) is 13.2 Å². The molecule has 0 rings (SSSR count). The first-order valence-electron chi connectivity index (χ1n) is 5.09. The van der Waals surface area contributed by atoms with Crippen LogP contribution in [0.5, 0.6) is 0 Å². The number of nitrogens with two attached hydrogens (primary N) is 1. The highest BCUT2D eigenvalue weighted by Crippen LogP contribution is 2.29. The summed E-state index contributed by atoms with van der Waals surface area (Å²) in [4.78, 5) is 11.1. The minimum atomic E-state index is -4.36. The van der Waals surface area contributed by atoms with E-state index in [1.54, 1.807) is 0 Å². The van der Waals surface area contributed by atoms with Crippen LogP contribution >= 0.6 is 11.8 Å². The van der Waals surface area contributed by atoms with Gasteiger partial charge >= 0.3 is 5.51 Å². The molecule has 0 aromatic heterocycles. The maximum atomic E-state index is 11.8. The van der Waals surface area contributed by atoms with Crippen molar-refractivity contribution in [2.45, 2.75) is 37.7 Å². The fraction of sp³-hybridized carbons (Fsp3) is 0.889. The first-order valence-corrected chi connectivity index (χ1v) is 6.07. The number of thioether (sulfide) groups is 1. The van der Waals surface area contributed by atoms with Crippen molar-refractivity contribution in [2.75, 3.05) is 12.3 Å². The molecule has 0 radical (unpaired) electrons. The summed E-state index contributed by atoms with van der Waals surface area (Å²) >= 11 is -0.335. The minimum Gasteiger partial charge on any atom is -0.351 e. The topological polar surface area (TPSA) is 55.1 Å². The maximum Gasteiger partial charge on any atom is 0.442 e. The van der Waals surface area contributed by atoms with Crippen LogP contribution in [0.1, 0.15) is 26.2 Å². The largest absolute Gasteiger partial charge is 0.442 e. The van der Waals surface area contributed by atoms with E-state index in [1.165, 1.54) is 0 Å². The Balaban J connectivity index is 3.83. The van der Waals surface area contributed by atoms with E-state index < -0.39 is 17.2 Å². The number of unbranched alkanes of at least 4 members (excludes halogenated alkanes) is 1. The Bertz CT molecular complexity index is 211. The van der Waals surface area contributed by atoms with Gasteiger partial charge in [0.25, 0.3) is 0 Å². The van der Waals surface area contributed by atoms with Crippen LogP contribution in [-0.2, 0) is 4.79 Å². The summed E-state index contributed by atoms with van der Waals surface area (Å²) in [5, 5.41) is 2.49. The highest BCUT2D eigenvalue weighted by Gasteiger charge is 2.29. The van der Waals surface area contributed by atoms with E-state index in [4.69, 9.17) is 5.73 Å². The summed E-state index contributed by atoms with van der Waals surface area (Å²) in [6, 6.07) is -0.221. The Hall–Kier alpha value is -0.430. The van der Waals surface area contributed by atoms with Gasteiger partial charge in [-0.05, 0) is 18.2 Å². The lowest BCUT2D eigenvalue weighted by Gasteiger charge is -2.16. The molecule has 0 bridgehead atoms. The van der Waals surface area contributed by atoms with E-state index in [-0.39, 0.29) is 24.3 Å². The molecule has 7 heteroatoms. The van der Waals surface area contributed by atoms with Gasteiger partial charge in [-0.15, -0.1) is 0 Å². The molecule has 16 heavy (non-hydrogen) atoms. The highest BCUT2D eigenvalue weighted by atomic mass is 32.2. The fourth-order valence-corrected chi connectivity index (χ4v) is 1.49. The highest BCUT2D eigenvalue weighted by molar-refractivity contribution is 8.00. The van der Waals surface area contributed by atoms with Crippen LogP contribution in [0.4, 0.5) is 13.2 Å². The van der Waals surface area contributed by atoms with Crippen LogP contribution in [0.25, 0.3) is 0 Å². The van der Waals surface area contributed by atoms with Crippen molar-refractivity contribution < 1.29 is 18.0 Å². The Labute approximate surface area is 97.3 Å². The van der Waals surface area contributed by atoms with Gasteiger partial charge in [0.05, 0.1) is 5.75 Å². The standard InChI is InChI=1S/C9H17F3N2OS/c1-2-3-4-7(5-13)14-8(15)6-16-9(10,11)12/h7H,2-6,13H2,1H3,(H,14,15). The third-order valence-electron chi connectivity index (χ3n) is 1.92. The molecule has 1 unspecified atom stereocenters. The average molecular weight is 258 g/mol. The van der Waals surface area contributed by atoms with Crippen molar-refractivity contribution >= 4 is 17.7 Å². The van der Waals surface area contributed by atoms with Gasteiger partial charge in [0.1, 0.15) is 0 Å². The number of alkyl halides is 3. The SMILES string of the molecule is CCCCC(CN)NC(=O)CSC(F)(F)F. The third kappa shape index (κ3) is 8.84. The van der Waals surface area contributed by atoms with Crippen LogP contribution in [0.15, 0.2) is 0 Å². The van der Waals surface area contributed by atoms with Crippen LogP contribution in [-0.4, -0.2) is 29.8 Å². The predicted molar refractivity (Wildman–Crippen MR) is 59.0 cm³/mol. The molecular weight excluding hydrogens is 241 g/mol. The third-order valence-corrected chi connectivity index (χ3v) is 2.66. The first kappa shape index (κ1) is 15.6. The molecule has 0 aromatic rings. The second-order valence-electron chi connectivity index (χ2n) is 3.38. The predicted octanol–water partition coefficient (Wildman–Crippen LogP) is 1.87. The van der Waals surface area contributed by atoms with Gasteiger partial charge in [-0.3, -0.25) is 4.79 Å². The van der Waals surface area contributed by atoms with E-state index in [0.29, 0.717) is 6.42 Å². The van der Waals surface area contributed by atoms with Crippen molar-refractivity contribution in [1.29, 1.82) is 0 Å². The van der Waals surface area contributed by atoms with Gasteiger partial charge < -0.3 is 11.1 Å². The average Bonchev–Trinajstić information content (AvgIpc) is 2.20. The summed E-state index contributed by atoms with van der Waals surface area (Å²) < 4.78 is 35.4. The van der Waals surface area contributed by atoms with E-state index in [0.717, 1.165) is 12.8 Å². The second kappa shape index (κ2) is 7.78. The number of carbonyl (C=O) groups excluding carboxylic acids is 1. The lowest BCUT2D eigenvalue weighted by atomic mass is 10.1. The van der Waals surface area contributed by atoms with Crippen molar-refractivity contribution in [3.8, 4) is 0 Å². The fourth-order valence-electron chi connectivity index (χ4n) is 1.12. The van der Waals surface area contributed by atoms with Crippen LogP contribution in [0.3, 0.4) is 0 Å². The normalized spacial score (nSPS) is 13.6. The molecule has 0 fully saturated rings. The number of hydrogen-bond donors (Lipinski definition) is 2. The second-order valence-corrected chi connectivity index (χ2v) is 4.42. The molecule has 96 valence electrons. The number of hydrogen-bond acceptors (Lipinski definition) is 3. The molecule has 0 aliphatic rings. The lowest BCUT2D eigenvalue weighted by molar-refractivity contribution is -0.119. The zero-order valence-corrected chi connectivity index (χ0v) is 9.96. The molecule has 1 amide bonds. The molecule has 0 spiro atoms. The molecule has 0 aliphatic heterocycles. The zero-order valence-electron chi connectivity index (χ0n) is 9.14. The van der Waals surface area contributed by atoms with Gasteiger partial charge in [0.15, 0.2) is 0 Å². The zero-order chi connectivity index (χ0) is 12.6. The number of rotatable bonds is 7. The number of nitrogens with one attached hydrogen (secondary N) is 1. The summed E-state index contributed by atoms with van der Waals surface area (Å²) in [5.41, 5.74) is 1.04. The Morgan fingerprint density at radius 3 is 2.56 bits per heavy atom. The molecule has 3 N–H and O–H groups in total. The molecule has 0 saturated carbocycles. The van der Waals surface area contributed by atoms with Crippen molar-refractivity contribution in [3.63, 3.8) is 0 Å². The molecule has 0 aliphatic carbocycles. The first-order chi connectivity index (χ1) is 7.39. The van der Waals surface area contributed by atoms with E-state index >= 15 is 0 Å². The number of carbonyl (C=O) groups is 1. The Morgan fingerprint density at radius 2 is 2.12 bits per heavy atom. The van der Waals surface area contributed by atoms with Crippen molar-refractivity contribution in [2.24, 2.45) is 5.73 Å². The summed E-state index contributed by atoms with van der Waals surface area (Å²) in [6.45, 7) is 2.25. The maximum absolute atomic E-state index is 11.8. The quantitative estimate of drug-likeness (QED) is 0.733. The van der Waals surface area contributed by atoms with Gasteiger partial charge in [0.2, 0.25) is 5.91 Å². The van der Waals surface area contributed by atoms with Gasteiger partial charge in [0, 0.05) is 12.6 Å². The van der Waals surface area contributed by atoms with Crippen LogP contribution < -0.4 is 11.1 Å². The van der Waals surface area contributed by atoms with Crippen molar-refractivity contribution in [3.05, 3.63) is 0 Å². The van der Waals surface area contributed by atoms with Gasteiger partial charge in [-0.25, -0.2) is 0 Å². The Kier molecular flexibility index (Phi) is 7.57. The summed E-state index contributed by atoms with van der Waals surface area (Å²) in [5.74, 6) is -1.22. The van der Waals surface area contributed by atoms with Crippen LogP contribution in [0.2, 0.25) is 0 Å².